The van der Waals surface area contributed by atoms with E-state index in [1.54, 1.807) is 12.2 Å². The van der Waals surface area contributed by atoms with E-state index in [4.69, 9.17) is 11.2 Å². The largest absolute Gasteiger partial charge is 0.508 e. The zero-order valence-electron chi connectivity index (χ0n) is 9.23. The van der Waals surface area contributed by atoms with Crippen molar-refractivity contribution in [2.24, 2.45) is 5.92 Å². The van der Waals surface area contributed by atoms with Crippen LogP contribution in [0.4, 0.5) is 0 Å². The molecule has 0 bridgehead atoms. The summed E-state index contributed by atoms with van der Waals surface area (Å²) >= 11 is 0. The zero-order valence-corrected chi connectivity index (χ0v) is 9.23. The minimum absolute atomic E-state index is 0.0598. The Morgan fingerprint density at radius 3 is 2.81 bits per heavy atom. The van der Waals surface area contributed by atoms with E-state index in [2.05, 4.69) is 12.0 Å². The Labute approximate surface area is 96.3 Å². The van der Waals surface area contributed by atoms with Crippen molar-refractivity contribution in [1.82, 2.24) is 0 Å². The first-order chi connectivity index (χ1) is 7.78. The molecule has 0 saturated carbocycles. The predicted molar refractivity (Wildman–Crippen MR) is 63.6 cm³/mol. The van der Waals surface area contributed by atoms with Crippen LogP contribution in [0, 0.1) is 18.3 Å². The Bertz CT molecular complexity index is 382. The second kappa shape index (κ2) is 4.94. The van der Waals surface area contributed by atoms with Gasteiger partial charge in [0.15, 0.2) is 0 Å². The standard InChI is InChI=1S/C14H16O2/c1-2-11-3-7-13(8-4-11)16-14-9-5-12(15)6-10-14/h1,5-7,9,11,14-15H,3-4,8,10H2. The van der Waals surface area contributed by atoms with Gasteiger partial charge in [-0.15, -0.1) is 12.3 Å². The van der Waals surface area contributed by atoms with Crippen LogP contribution in [0.5, 0.6) is 0 Å². The van der Waals surface area contributed by atoms with Gasteiger partial charge in [-0.2, -0.15) is 0 Å². The summed E-state index contributed by atoms with van der Waals surface area (Å²) in [4.78, 5) is 0. The van der Waals surface area contributed by atoms with E-state index in [1.165, 1.54) is 0 Å². The molecule has 2 atom stereocenters. The van der Waals surface area contributed by atoms with E-state index in [1.807, 2.05) is 6.08 Å². The third-order valence-corrected chi connectivity index (χ3v) is 2.95. The molecule has 2 heteroatoms. The molecule has 0 spiro atoms. The zero-order chi connectivity index (χ0) is 11.4. The molecular formula is C14H16O2. The van der Waals surface area contributed by atoms with Crippen LogP contribution in [0.25, 0.3) is 0 Å². The van der Waals surface area contributed by atoms with Crippen LogP contribution in [-0.2, 0) is 4.74 Å². The fraction of sp³-hybridized carbons (Fsp3) is 0.429. The van der Waals surface area contributed by atoms with Crippen LogP contribution in [0.2, 0.25) is 0 Å². The number of aliphatic hydroxyl groups is 1. The maximum atomic E-state index is 9.18. The monoisotopic (exact) mass is 216 g/mol. The van der Waals surface area contributed by atoms with Crippen LogP contribution in [0.1, 0.15) is 25.7 Å². The number of hydrogen-bond acceptors (Lipinski definition) is 2. The summed E-state index contributed by atoms with van der Waals surface area (Å²) in [5, 5.41) is 9.18. The molecule has 84 valence electrons. The topological polar surface area (TPSA) is 29.5 Å². The van der Waals surface area contributed by atoms with E-state index in [-0.39, 0.29) is 6.10 Å². The molecule has 0 heterocycles. The summed E-state index contributed by atoms with van der Waals surface area (Å²) in [5.41, 5.74) is 0. The fourth-order valence-electron chi connectivity index (χ4n) is 1.94. The highest BCUT2D eigenvalue weighted by Crippen LogP contribution is 2.26. The third kappa shape index (κ3) is 2.70. The van der Waals surface area contributed by atoms with Crippen molar-refractivity contribution in [2.45, 2.75) is 31.8 Å². The molecule has 2 nitrogen and oxygen atoms in total. The number of terminal acetylenes is 1. The Balaban J connectivity index is 1.86. The maximum Gasteiger partial charge on any atom is 0.120 e. The second-order valence-corrected chi connectivity index (χ2v) is 4.19. The summed E-state index contributed by atoms with van der Waals surface area (Å²) in [6, 6.07) is 0. The van der Waals surface area contributed by atoms with Gasteiger partial charge in [0.25, 0.3) is 0 Å². The maximum absolute atomic E-state index is 9.18. The van der Waals surface area contributed by atoms with E-state index in [0.717, 1.165) is 31.4 Å². The highest BCUT2D eigenvalue weighted by molar-refractivity contribution is 5.18. The molecule has 0 fully saturated rings. The van der Waals surface area contributed by atoms with Crippen LogP contribution < -0.4 is 0 Å². The molecule has 0 aromatic rings. The smallest absolute Gasteiger partial charge is 0.120 e. The normalized spacial score (nSPS) is 28.9. The summed E-state index contributed by atoms with van der Waals surface area (Å²) in [6.45, 7) is 0. The molecule has 2 aliphatic carbocycles. The van der Waals surface area contributed by atoms with Crippen molar-refractivity contribution in [2.75, 3.05) is 0 Å². The van der Waals surface area contributed by atoms with Crippen molar-refractivity contribution in [3.05, 3.63) is 35.8 Å². The van der Waals surface area contributed by atoms with E-state index in [0.29, 0.717) is 11.7 Å². The molecule has 0 amide bonds. The van der Waals surface area contributed by atoms with Gasteiger partial charge in [-0.1, -0.05) is 0 Å². The van der Waals surface area contributed by atoms with Gasteiger partial charge in [-0.05, 0) is 37.1 Å². The first-order valence-corrected chi connectivity index (χ1v) is 5.67. The minimum Gasteiger partial charge on any atom is -0.508 e. The summed E-state index contributed by atoms with van der Waals surface area (Å²) in [6.07, 6.45) is 16.5. The molecular weight excluding hydrogens is 200 g/mol. The van der Waals surface area contributed by atoms with Crippen LogP contribution >= 0.6 is 0 Å². The molecule has 0 aromatic carbocycles. The molecule has 2 rings (SSSR count). The molecule has 0 radical (unpaired) electrons. The lowest BCUT2D eigenvalue weighted by molar-refractivity contribution is 0.139. The molecule has 1 N–H and O–H groups in total. The van der Waals surface area contributed by atoms with E-state index >= 15 is 0 Å². The third-order valence-electron chi connectivity index (χ3n) is 2.95. The van der Waals surface area contributed by atoms with Gasteiger partial charge >= 0.3 is 0 Å². The van der Waals surface area contributed by atoms with Gasteiger partial charge in [-0.25, -0.2) is 0 Å². The summed E-state index contributed by atoms with van der Waals surface area (Å²) < 4.78 is 5.82. The lowest BCUT2D eigenvalue weighted by Crippen LogP contribution is -2.14. The molecule has 16 heavy (non-hydrogen) atoms. The Kier molecular flexibility index (Phi) is 3.36. The number of allylic oxidation sites excluding steroid dienone is 3. The van der Waals surface area contributed by atoms with Crippen molar-refractivity contribution < 1.29 is 9.84 Å². The first-order valence-electron chi connectivity index (χ1n) is 5.67. The van der Waals surface area contributed by atoms with Crippen molar-refractivity contribution >= 4 is 0 Å². The van der Waals surface area contributed by atoms with Gasteiger partial charge in [-0.3, -0.25) is 0 Å². The van der Waals surface area contributed by atoms with Crippen molar-refractivity contribution in [1.29, 1.82) is 0 Å². The van der Waals surface area contributed by atoms with E-state index < -0.39 is 0 Å². The average molecular weight is 216 g/mol. The molecule has 0 saturated heterocycles. The number of aliphatic hydroxyl groups excluding tert-OH is 1. The predicted octanol–water partition coefficient (Wildman–Crippen LogP) is 3.09. The van der Waals surface area contributed by atoms with Gasteiger partial charge in [0.1, 0.15) is 11.9 Å². The van der Waals surface area contributed by atoms with Gasteiger partial charge in [0, 0.05) is 18.8 Å². The van der Waals surface area contributed by atoms with Gasteiger partial charge < -0.3 is 9.84 Å². The van der Waals surface area contributed by atoms with Crippen LogP contribution in [0.3, 0.4) is 0 Å². The lowest BCUT2D eigenvalue weighted by atomic mass is 9.94. The van der Waals surface area contributed by atoms with Gasteiger partial charge in [0.05, 0.1) is 5.76 Å². The SMILES string of the molecule is C#CC1CC=C(OC2C=CC(O)=CC2)CC1. The molecule has 2 aliphatic rings. The van der Waals surface area contributed by atoms with Crippen molar-refractivity contribution in [3.63, 3.8) is 0 Å². The number of rotatable bonds is 2. The highest BCUT2D eigenvalue weighted by Gasteiger charge is 2.16. The quantitative estimate of drug-likeness (QED) is 0.719. The fourth-order valence-corrected chi connectivity index (χ4v) is 1.94. The number of ether oxygens (including phenoxy) is 1. The van der Waals surface area contributed by atoms with Crippen molar-refractivity contribution in [3.8, 4) is 12.3 Å². The Morgan fingerprint density at radius 1 is 1.38 bits per heavy atom. The number of hydrogen-bond donors (Lipinski definition) is 1. The van der Waals surface area contributed by atoms with Crippen LogP contribution in [-0.4, -0.2) is 11.2 Å². The lowest BCUT2D eigenvalue weighted by Gasteiger charge is -2.23. The Morgan fingerprint density at radius 2 is 2.25 bits per heavy atom. The average Bonchev–Trinajstić information content (AvgIpc) is 2.33. The molecule has 0 aliphatic heterocycles. The van der Waals surface area contributed by atoms with Crippen LogP contribution in [0.15, 0.2) is 35.8 Å². The minimum atomic E-state index is 0.0598. The second-order valence-electron chi connectivity index (χ2n) is 4.19. The first kappa shape index (κ1) is 10.9. The highest BCUT2D eigenvalue weighted by atomic mass is 16.5. The Hall–Kier alpha value is -1.62. The summed E-state index contributed by atoms with van der Waals surface area (Å²) in [5.74, 6) is 4.51. The van der Waals surface area contributed by atoms with E-state index in [9.17, 15) is 5.11 Å². The van der Waals surface area contributed by atoms with Gasteiger partial charge in [0.2, 0.25) is 0 Å². The molecule has 2 unspecified atom stereocenters. The molecule has 0 aromatic heterocycles. The summed E-state index contributed by atoms with van der Waals surface area (Å²) in [7, 11) is 0.